The highest BCUT2D eigenvalue weighted by Crippen LogP contribution is 2.30. The van der Waals surface area contributed by atoms with Crippen LogP contribution in [-0.2, 0) is 20.7 Å². The van der Waals surface area contributed by atoms with Crippen LogP contribution in [0.4, 0.5) is 10.5 Å². The van der Waals surface area contributed by atoms with Crippen molar-refractivity contribution in [3.05, 3.63) is 35.4 Å². The predicted molar refractivity (Wildman–Crippen MR) is 121 cm³/mol. The third kappa shape index (κ3) is 7.87. The van der Waals surface area contributed by atoms with Gasteiger partial charge in [0.1, 0.15) is 23.6 Å². The van der Waals surface area contributed by atoms with Gasteiger partial charge in [-0.2, -0.15) is 0 Å². The van der Waals surface area contributed by atoms with Crippen LogP contribution in [0.1, 0.15) is 62.9 Å². The third-order valence-corrected chi connectivity index (χ3v) is 4.93. The number of aryl methyl sites for hydroxylation is 1. The molecule has 33 heavy (non-hydrogen) atoms. The molecule has 1 aromatic carbocycles. The van der Waals surface area contributed by atoms with E-state index in [0.717, 1.165) is 0 Å². The first-order chi connectivity index (χ1) is 15.4. The number of carbonyl (C=O) groups excluding carboxylic acids is 3. The monoisotopic (exact) mass is 463 g/mol. The van der Waals surface area contributed by atoms with Crippen molar-refractivity contribution >= 4 is 23.5 Å². The number of carbonyl (C=O) groups is 3. The van der Waals surface area contributed by atoms with Crippen LogP contribution >= 0.6 is 0 Å². The van der Waals surface area contributed by atoms with Crippen molar-refractivity contribution in [3.63, 3.8) is 0 Å². The maximum Gasteiger partial charge on any atom is 0.412 e. The number of ketones is 1. The number of aliphatic hydroxyl groups is 2. The van der Waals surface area contributed by atoms with E-state index >= 15 is 0 Å². The van der Waals surface area contributed by atoms with Crippen LogP contribution in [0.15, 0.2) is 24.3 Å². The molecule has 0 fully saturated rings. The topological polar surface area (TPSA) is 131 Å². The van der Waals surface area contributed by atoms with Crippen LogP contribution in [0.3, 0.4) is 0 Å². The Morgan fingerprint density at radius 2 is 1.91 bits per heavy atom. The number of cyclic esters (lactones) is 1. The van der Waals surface area contributed by atoms with E-state index in [-0.39, 0.29) is 24.1 Å². The summed E-state index contributed by atoms with van der Waals surface area (Å²) in [5.74, 6) is -0.854. The molecule has 1 aromatic rings. The molecule has 2 rings (SSSR count). The molecule has 1 heterocycles. The number of aliphatic hydroxyl groups excluding tert-OH is 2. The summed E-state index contributed by atoms with van der Waals surface area (Å²) in [5.41, 5.74) is 0.114. The number of fused-ring (bicyclic) bond motifs is 1. The number of nitrogens with one attached hydrogen (secondary N) is 1. The van der Waals surface area contributed by atoms with Crippen LogP contribution in [0.5, 0.6) is 5.75 Å². The van der Waals surface area contributed by atoms with Gasteiger partial charge >= 0.3 is 12.1 Å². The lowest BCUT2D eigenvalue weighted by atomic mass is 9.96. The van der Waals surface area contributed by atoms with E-state index in [0.29, 0.717) is 24.2 Å². The molecule has 1 amide bonds. The van der Waals surface area contributed by atoms with Gasteiger partial charge in [-0.3, -0.25) is 10.1 Å². The zero-order chi connectivity index (χ0) is 24.8. The second-order valence-electron chi connectivity index (χ2n) is 9.00. The number of methoxy groups -OCH3 is 1. The molecule has 9 nitrogen and oxygen atoms in total. The Labute approximate surface area is 193 Å². The summed E-state index contributed by atoms with van der Waals surface area (Å²) in [7, 11) is 1.46. The highest BCUT2D eigenvalue weighted by atomic mass is 16.6. The summed E-state index contributed by atoms with van der Waals surface area (Å²) in [6.45, 7) is 6.83. The van der Waals surface area contributed by atoms with Gasteiger partial charge in [-0.25, -0.2) is 9.59 Å². The fraction of sp³-hybridized carbons (Fsp3) is 0.542. The summed E-state index contributed by atoms with van der Waals surface area (Å²) in [4.78, 5) is 37.6. The lowest BCUT2D eigenvalue weighted by Gasteiger charge is -2.22. The predicted octanol–water partition coefficient (Wildman–Crippen LogP) is 3.16. The number of anilines is 1. The summed E-state index contributed by atoms with van der Waals surface area (Å²) >= 11 is 0. The van der Waals surface area contributed by atoms with Gasteiger partial charge in [0, 0.05) is 12.5 Å². The van der Waals surface area contributed by atoms with Gasteiger partial charge < -0.3 is 24.4 Å². The fourth-order valence-corrected chi connectivity index (χ4v) is 3.35. The van der Waals surface area contributed by atoms with Crippen molar-refractivity contribution in [1.82, 2.24) is 0 Å². The Balaban J connectivity index is 2.47. The molecule has 182 valence electrons. The molecule has 0 aliphatic carbocycles. The molecule has 3 atom stereocenters. The van der Waals surface area contributed by atoms with Gasteiger partial charge in [-0.15, -0.1) is 0 Å². The third-order valence-electron chi connectivity index (χ3n) is 4.93. The highest BCUT2D eigenvalue weighted by Gasteiger charge is 2.26. The molecule has 9 heteroatoms. The highest BCUT2D eigenvalue weighted by molar-refractivity contribution is 6.01. The van der Waals surface area contributed by atoms with E-state index in [4.69, 9.17) is 14.2 Å². The number of amides is 1. The average molecular weight is 464 g/mol. The van der Waals surface area contributed by atoms with Crippen LogP contribution in [0.25, 0.3) is 0 Å². The first-order valence-electron chi connectivity index (χ1n) is 10.9. The minimum atomic E-state index is -1.53. The van der Waals surface area contributed by atoms with Crippen LogP contribution in [0, 0.1) is 0 Å². The Morgan fingerprint density at radius 3 is 2.55 bits per heavy atom. The average Bonchev–Trinajstić information content (AvgIpc) is 2.70. The number of hydrogen-bond donors (Lipinski definition) is 3. The molecule has 0 radical (unpaired) electrons. The molecule has 3 unspecified atom stereocenters. The molecule has 0 saturated heterocycles. The van der Waals surface area contributed by atoms with Gasteiger partial charge in [0.25, 0.3) is 0 Å². The van der Waals surface area contributed by atoms with Crippen molar-refractivity contribution in [2.75, 3.05) is 12.4 Å². The van der Waals surface area contributed by atoms with E-state index in [9.17, 15) is 24.6 Å². The smallest absolute Gasteiger partial charge is 0.412 e. The first kappa shape index (κ1) is 26.3. The minimum Gasteiger partial charge on any atom is -0.497 e. The lowest BCUT2D eigenvalue weighted by molar-refractivity contribution is -0.128. The fourth-order valence-electron chi connectivity index (χ4n) is 3.35. The van der Waals surface area contributed by atoms with Crippen LogP contribution < -0.4 is 10.1 Å². The zero-order valence-corrected chi connectivity index (χ0v) is 19.7. The molecule has 1 aliphatic heterocycles. The largest absolute Gasteiger partial charge is 0.497 e. The number of hydrogen-bond acceptors (Lipinski definition) is 8. The van der Waals surface area contributed by atoms with Crippen molar-refractivity contribution in [3.8, 4) is 5.75 Å². The summed E-state index contributed by atoms with van der Waals surface area (Å²) in [6, 6.07) is 3.16. The Hall–Kier alpha value is -2.91. The Morgan fingerprint density at radius 1 is 1.21 bits per heavy atom. The van der Waals surface area contributed by atoms with Crippen molar-refractivity contribution < 1.29 is 38.8 Å². The van der Waals surface area contributed by atoms with Gasteiger partial charge in [-0.1, -0.05) is 6.08 Å². The number of esters is 1. The van der Waals surface area contributed by atoms with Crippen LogP contribution in [-0.4, -0.2) is 59.1 Å². The van der Waals surface area contributed by atoms with E-state index in [1.807, 2.05) is 0 Å². The maximum absolute atomic E-state index is 13.1. The Kier molecular flexibility index (Phi) is 9.01. The number of benzene rings is 1. The summed E-state index contributed by atoms with van der Waals surface area (Å²) in [5, 5.41) is 22.9. The van der Waals surface area contributed by atoms with Gasteiger partial charge in [-0.05, 0) is 64.7 Å². The van der Waals surface area contributed by atoms with Gasteiger partial charge in [0.2, 0.25) is 0 Å². The SMILES string of the molecule is COc1cc2c(c(NC(=O)OC(C)(C)C)c1)C(=O)OC(C)C/C=C\C(=O)C(O)C(O)CCC2. The molecule has 0 bridgehead atoms. The molecule has 0 aromatic heterocycles. The summed E-state index contributed by atoms with van der Waals surface area (Å²) < 4.78 is 16.2. The summed E-state index contributed by atoms with van der Waals surface area (Å²) in [6.07, 6.45) is -0.447. The molecule has 1 aliphatic rings. The minimum absolute atomic E-state index is 0.123. The number of ether oxygens (including phenoxy) is 3. The normalized spacial score (nSPS) is 23.5. The van der Waals surface area contributed by atoms with Crippen molar-refractivity contribution in [2.24, 2.45) is 0 Å². The van der Waals surface area contributed by atoms with E-state index in [1.165, 1.54) is 25.3 Å². The quantitative estimate of drug-likeness (QED) is 0.570. The van der Waals surface area contributed by atoms with E-state index < -0.39 is 41.8 Å². The molecular formula is C24H33NO8. The molecule has 3 N–H and O–H groups in total. The molecule has 0 saturated carbocycles. The second kappa shape index (κ2) is 11.3. The van der Waals surface area contributed by atoms with Crippen molar-refractivity contribution in [2.45, 2.75) is 77.3 Å². The first-order valence-corrected chi connectivity index (χ1v) is 10.9. The van der Waals surface area contributed by atoms with Crippen molar-refractivity contribution in [1.29, 1.82) is 0 Å². The zero-order valence-electron chi connectivity index (χ0n) is 19.7. The van der Waals surface area contributed by atoms with E-state index in [2.05, 4.69) is 5.32 Å². The Bertz CT molecular complexity index is 902. The second-order valence-corrected chi connectivity index (χ2v) is 9.00. The van der Waals surface area contributed by atoms with E-state index in [1.54, 1.807) is 33.8 Å². The lowest BCUT2D eigenvalue weighted by Crippen LogP contribution is -2.33. The van der Waals surface area contributed by atoms with Gasteiger partial charge in [0.05, 0.1) is 24.5 Å². The standard InChI is InChI=1S/C24H33NO8/c1-14-8-6-10-18(26)21(28)19(27)11-7-9-15-12-16(31-5)13-17(20(15)22(29)32-14)25-23(30)33-24(2,3)4/h6,10,12-14,19,21,27-28H,7-9,11H2,1-5H3,(H,25,30)/b10-6-. The molecule has 0 spiro atoms. The van der Waals surface area contributed by atoms with Gasteiger partial charge in [0.15, 0.2) is 5.78 Å². The van der Waals surface area contributed by atoms with Crippen LogP contribution in [0.2, 0.25) is 0 Å². The maximum atomic E-state index is 13.1. The number of rotatable bonds is 2. The molecular weight excluding hydrogens is 430 g/mol.